The molecule has 0 spiro atoms. The maximum atomic E-state index is 5.52. The number of para-hydroxylation sites is 1. The van der Waals surface area contributed by atoms with Crippen LogP contribution in [0, 0.1) is 6.92 Å². The average Bonchev–Trinajstić information content (AvgIpc) is 2.62. The van der Waals surface area contributed by atoms with Crippen molar-refractivity contribution in [2.45, 2.75) is 13.0 Å². The molecule has 0 bridgehead atoms. The Kier molecular flexibility index (Phi) is 5.24. The summed E-state index contributed by atoms with van der Waals surface area (Å²) in [6, 6.07) is 28.8. The normalized spacial score (nSPS) is 11.5. The zero-order chi connectivity index (χ0) is 16.8. The van der Waals surface area contributed by atoms with Crippen LogP contribution in [0.1, 0.15) is 22.7 Å². The molecule has 0 saturated carbocycles. The van der Waals surface area contributed by atoms with Gasteiger partial charge in [-0.2, -0.15) is 0 Å². The summed E-state index contributed by atoms with van der Waals surface area (Å²) in [5.74, 6) is 0. The molecule has 0 aromatic heterocycles. The molecule has 1 atom stereocenters. The van der Waals surface area contributed by atoms with E-state index in [-0.39, 0.29) is 6.04 Å². The molecular formula is C21H20N2S. The van der Waals surface area contributed by atoms with Crippen LogP contribution in [0.2, 0.25) is 0 Å². The Morgan fingerprint density at radius 3 is 1.92 bits per heavy atom. The number of hydrogen-bond donors (Lipinski definition) is 2. The van der Waals surface area contributed by atoms with Crippen LogP contribution >= 0.6 is 12.2 Å². The molecule has 2 N–H and O–H groups in total. The smallest absolute Gasteiger partial charge is 0.171 e. The summed E-state index contributed by atoms with van der Waals surface area (Å²) in [5, 5.41) is 7.29. The van der Waals surface area contributed by atoms with Crippen molar-refractivity contribution in [3.63, 3.8) is 0 Å². The second-order valence-electron chi connectivity index (χ2n) is 5.72. The Hall–Kier alpha value is -2.65. The van der Waals surface area contributed by atoms with Crippen LogP contribution in [0.4, 0.5) is 5.69 Å². The van der Waals surface area contributed by atoms with E-state index in [0.717, 1.165) is 5.69 Å². The predicted molar refractivity (Wildman–Crippen MR) is 105 cm³/mol. The van der Waals surface area contributed by atoms with Crippen LogP contribution < -0.4 is 10.6 Å². The Labute approximate surface area is 148 Å². The summed E-state index contributed by atoms with van der Waals surface area (Å²) >= 11 is 5.52. The van der Waals surface area contributed by atoms with Crippen molar-refractivity contribution in [1.29, 1.82) is 0 Å². The third-order valence-electron chi connectivity index (χ3n) is 3.85. The van der Waals surface area contributed by atoms with E-state index in [1.807, 2.05) is 48.5 Å². The Balaban J connectivity index is 1.82. The van der Waals surface area contributed by atoms with Gasteiger partial charge in [0.15, 0.2) is 5.11 Å². The molecule has 3 aromatic carbocycles. The lowest BCUT2D eigenvalue weighted by atomic mass is 9.98. The lowest BCUT2D eigenvalue weighted by Crippen LogP contribution is -2.33. The van der Waals surface area contributed by atoms with Gasteiger partial charge in [0, 0.05) is 5.69 Å². The first-order chi connectivity index (χ1) is 11.7. The predicted octanol–water partition coefficient (Wildman–Crippen LogP) is 5.07. The number of hydrogen-bond acceptors (Lipinski definition) is 1. The van der Waals surface area contributed by atoms with Gasteiger partial charge in [-0.3, -0.25) is 0 Å². The monoisotopic (exact) mass is 332 g/mol. The van der Waals surface area contributed by atoms with Crippen molar-refractivity contribution in [2.75, 3.05) is 5.32 Å². The molecule has 0 unspecified atom stereocenters. The van der Waals surface area contributed by atoms with E-state index in [4.69, 9.17) is 12.2 Å². The molecule has 0 radical (unpaired) electrons. The maximum absolute atomic E-state index is 5.52. The van der Waals surface area contributed by atoms with Gasteiger partial charge in [-0.25, -0.2) is 0 Å². The molecule has 3 rings (SSSR count). The minimum atomic E-state index is 0.00973. The van der Waals surface area contributed by atoms with Crippen LogP contribution in [0.25, 0.3) is 0 Å². The third-order valence-corrected chi connectivity index (χ3v) is 4.07. The van der Waals surface area contributed by atoms with Gasteiger partial charge >= 0.3 is 0 Å². The molecule has 0 aliphatic heterocycles. The molecule has 120 valence electrons. The van der Waals surface area contributed by atoms with Crippen molar-refractivity contribution in [3.05, 3.63) is 102 Å². The second-order valence-corrected chi connectivity index (χ2v) is 6.13. The molecule has 0 aliphatic rings. The minimum Gasteiger partial charge on any atom is -0.352 e. The Morgan fingerprint density at radius 1 is 0.750 bits per heavy atom. The highest BCUT2D eigenvalue weighted by atomic mass is 32.1. The van der Waals surface area contributed by atoms with E-state index < -0.39 is 0 Å². The van der Waals surface area contributed by atoms with Gasteiger partial charge in [0.2, 0.25) is 0 Å². The van der Waals surface area contributed by atoms with Crippen molar-refractivity contribution in [3.8, 4) is 0 Å². The zero-order valence-corrected chi connectivity index (χ0v) is 14.4. The first-order valence-corrected chi connectivity index (χ1v) is 8.37. The molecule has 2 nitrogen and oxygen atoms in total. The number of benzene rings is 3. The summed E-state index contributed by atoms with van der Waals surface area (Å²) in [5.41, 5.74) is 4.59. The molecule has 3 aromatic rings. The molecule has 0 aliphatic carbocycles. The van der Waals surface area contributed by atoms with Gasteiger partial charge in [0.25, 0.3) is 0 Å². The first kappa shape index (κ1) is 16.2. The molecule has 24 heavy (non-hydrogen) atoms. The Morgan fingerprint density at radius 2 is 1.29 bits per heavy atom. The summed E-state index contributed by atoms with van der Waals surface area (Å²) < 4.78 is 0. The third kappa shape index (κ3) is 4.21. The fourth-order valence-electron chi connectivity index (χ4n) is 2.58. The van der Waals surface area contributed by atoms with Gasteiger partial charge < -0.3 is 10.6 Å². The fraction of sp³-hybridized carbons (Fsp3) is 0.0952. The van der Waals surface area contributed by atoms with Gasteiger partial charge in [-0.05, 0) is 42.4 Å². The van der Waals surface area contributed by atoms with Crippen molar-refractivity contribution in [1.82, 2.24) is 5.32 Å². The number of rotatable bonds is 4. The van der Waals surface area contributed by atoms with Crippen LogP contribution in [-0.2, 0) is 0 Å². The van der Waals surface area contributed by atoms with Crippen LogP contribution in [0.3, 0.4) is 0 Å². The topological polar surface area (TPSA) is 24.1 Å². The standard InChI is InChI=1S/C21H20N2S/c1-16-12-14-18(15-13-16)20(17-8-4-2-5-9-17)23-21(24)22-19-10-6-3-7-11-19/h2-15,20H,1H3,(H2,22,23,24)/t20-/m0/s1. The lowest BCUT2D eigenvalue weighted by Gasteiger charge is -2.22. The Bertz CT molecular complexity index is 783. The molecule has 0 amide bonds. The van der Waals surface area contributed by atoms with E-state index in [0.29, 0.717) is 5.11 Å². The second kappa shape index (κ2) is 7.75. The number of thiocarbonyl (C=S) groups is 1. The van der Waals surface area contributed by atoms with E-state index in [1.165, 1.54) is 16.7 Å². The lowest BCUT2D eigenvalue weighted by molar-refractivity contribution is 0.768. The van der Waals surface area contributed by atoms with Gasteiger partial charge in [0.1, 0.15) is 0 Å². The summed E-state index contributed by atoms with van der Waals surface area (Å²) in [6.07, 6.45) is 0. The van der Waals surface area contributed by atoms with E-state index in [9.17, 15) is 0 Å². The van der Waals surface area contributed by atoms with E-state index in [2.05, 4.69) is 54.0 Å². The SMILES string of the molecule is Cc1ccc([C@@H](NC(=S)Nc2ccccc2)c2ccccc2)cc1. The largest absolute Gasteiger partial charge is 0.352 e. The zero-order valence-electron chi connectivity index (χ0n) is 13.6. The summed E-state index contributed by atoms with van der Waals surface area (Å²) in [7, 11) is 0. The fourth-order valence-corrected chi connectivity index (χ4v) is 2.82. The van der Waals surface area contributed by atoms with Crippen LogP contribution in [-0.4, -0.2) is 5.11 Å². The molecule has 3 heteroatoms. The average molecular weight is 332 g/mol. The highest BCUT2D eigenvalue weighted by Gasteiger charge is 2.15. The maximum Gasteiger partial charge on any atom is 0.171 e. The molecule has 0 saturated heterocycles. The van der Waals surface area contributed by atoms with Crippen molar-refractivity contribution >= 4 is 23.0 Å². The number of anilines is 1. The van der Waals surface area contributed by atoms with Crippen LogP contribution in [0.5, 0.6) is 0 Å². The minimum absolute atomic E-state index is 0.00973. The first-order valence-electron chi connectivity index (χ1n) is 7.96. The number of nitrogens with one attached hydrogen (secondary N) is 2. The summed E-state index contributed by atoms with van der Waals surface area (Å²) in [4.78, 5) is 0. The summed E-state index contributed by atoms with van der Waals surface area (Å²) in [6.45, 7) is 2.09. The highest BCUT2D eigenvalue weighted by molar-refractivity contribution is 7.80. The van der Waals surface area contributed by atoms with Gasteiger partial charge in [0.05, 0.1) is 6.04 Å². The van der Waals surface area contributed by atoms with Crippen molar-refractivity contribution in [2.24, 2.45) is 0 Å². The van der Waals surface area contributed by atoms with Gasteiger partial charge in [-0.15, -0.1) is 0 Å². The van der Waals surface area contributed by atoms with Gasteiger partial charge in [-0.1, -0.05) is 78.4 Å². The number of aryl methyl sites for hydroxylation is 1. The van der Waals surface area contributed by atoms with Crippen LogP contribution in [0.15, 0.2) is 84.9 Å². The van der Waals surface area contributed by atoms with E-state index in [1.54, 1.807) is 0 Å². The van der Waals surface area contributed by atoms with Crippen molar-refractivity contribution < 1.29 is 0 Å². The quantitative estimate of drug-likeness (QED) is 0.652. The van der Waals surface area contributed by atoms with E-state index >= 15 is 0 Å². The molecule has 0 heterocycles. The highest BCUT2D eigenvalue weighted by Crippen LogP contribution is 2.22. The molecular weight excluding hydrogens is 312 g/mol. The molecule has 0 fully saturated rings.